The quantitative estimate of drug-likeness (QED) is 0.337. The van der Waals surface area contributed by atoms with E-state index in [0.717, 1.165) is 24.1 Å². The van der Waals surface area contributed by atoms with Crippen LogP contribution in [0.15, 0.2) is 54.9 Å². The van der Waals surface area contributed by atoms with E-state index in [2.05, 4.69) is 15.3 Å². The smallest absolute Gasteiger partial charge is 0.368 e. The maximum atomic E-state index is 13.2. The number of hydrogen-bond donors (Lipinski definition) is 1. The molecule has 33 heavy (non-hydrogen) atoms. The van der Waals surface area contributed by atoms with Crippen LogP contribution in [0.1, 0.15) is 5.56 Å². The van der Waals surface area contributed by atoms with E-state index in [1.54, 1.807) is 17.0 Å². The van der Waals surface area contributed by atoms with E-state index in [1.165, 1.54) is 24.3 Å². The van der Waals surface area contributed by atoms with Crippen molar-refractivity contribution in [1.82, 2.24) is 9.97 Å². The van der Waals surface area contributed by atoms with Gasteiger partial charge in [0.25, 0.3) is 0 Å². The van der Waals surface area contributed by atoms with Gasteiger partial charge in [0, 0.05) is 37.6 Å². The lowest BCUT2D eigenvalue weighted by atomic mass is 10.2. The summed E-state index contributed by atoms with van der Waals surface area (Å²) < 4.78 is 52.2. The average molecular weight is 462 g/mol. The zero-order valence-corrected chi connectivity index (χ0v) is 17.1. The third kappa shape index (κ3) is 4.94. The fourth-order valence-electron chi connectivity index (χ4n) is 3.60. The van der Waals surface area contributed by atoms with Crippen LogP contribution in [-0.2, 0) is 6.18 Å². The highest BCUT2D eigenvalue weighted by atomic mass is 19.4. The molecular weight excluding hydrogens is 444 g/mol. The predicted molar refractivity (Wildman–Crippen MR) is 114 cm³/mol. The molecule has 1 N–H and O–H groups in total. The number of aromatic nitrogens is 2. The molecule has 1 saturated heterocycles. The van der Waals surface area contributed by atoms with Gasteiger partial charge >= 0.3 is 11.9 Å². The van der Waals surface area contributed by atoms with Crippen LogP contribution in [0.4, 0.5) is 46.3 Å². The molecule has 1 aromatic heterocycles. The maximum absolute atomic E-state index is 13.2. The molecule has 1 fully saturated rings. The molecule has 0 bridgehead atoms. The molecule has 0 amide bonds. The monoisotopic (exact) mass is 462 g/mol. The third-order valence-corrected chi connectivity index (χ3v) is 5.21. The number of nitrogens with one attached hydrogen (secondary N) is 1. The first-order valence-electron chi connectivity index (χ1n) is 9.91. The van der Waals surface area contributed by atoms with Crippen LogP contribution in [0.3, 0.4) is 0 Å². The molecule has 0 spiro atoms. The van der Waals surface area contributed by atoms with Crippen LogP contribution in [0.5, 0.6) is 0 Å². The van der Waals surface area contributed by atoms with Crippen LogP contribution in [0.25, 0.3) is 0 Å². The molecule has 0 aliphatic carbocycles. The van der Waals surface area contributed by atoms with E-state index in [9.17, 15) is 27.7 Å². The SMILES string of the molecule is O=[N+]([O-])c1c(Nc2cccc(C(F)(F)F)c2)ncnc1N1CCN(c2ccc(F)cc2)CC1. The number of halogens is 4. The van der Waals surface area contributed by atoms with Gasteiger partial charge in [0.15, 0.2) is 0 Å². The third-order valence-electron chi connectivity index (χ3n) is 5.21. The van der Waals surface area contributed by atoms with Crippen LogP contribution in [0.2, 0.25) is 0 Å². The molecule has 0 saturated carbocycles. The van der Waals surface area contributed by atoms with Crippen LogP contribution in [0, 0.1) is 15.9 Å². The van der Waals surface area contributed by atoms with Crippen molar-refractivity contribution in [2.45, 2.75) is 6.18 Å². The van der Waals surface area contributed by atoms with Gasteiger partial charge in [0.2, 0.25) is 11.6 Å². The Morgan fingerprint density at radius 1 is 0.970 bits per heavy atom. The first kappa shape index (κ1) is 22.2. The number of nitro groups is 1. The van der Waals surface area contributed by atoms with E-state index in [1.807, 2.05) is 4.90 Å². The van der Waals surface area contributed by atoms with Crippen molar-refractivity contribution >= 4 is 28.7 Å². The molecule has 12 heteroatoms. The van der Waals surface area contributed by atoms with Gasteiger partial charge < -0.3 is 15.1 Å². The Morgan fingerprint density at radius 3 is 2.27 bits per heavy atom. The molecule has 1 aliphatic heterocycles. The average Bonchev–Trinajstić information content (AvgIpc) is 2.79. The van der Waals surface area contributed by atoms with Crippen molar-refractivity contribution < 1.29 is 22.5 Å². The number of piperazine rings is 1. The normalized spacial score (nSPS) is 14.3. The summed E-state index contributed by atoms with van der Waals surface area (Å²) >= 11 is 0. The van der Waals surface area contributed by atoms with Crippen molar-refractivity contribution in [3.05, 3.63) is 76.4 Å². The summed E-state index contributed by atoms with van der Waals surface area (Å²) in [6.45, 7) is 1.84. The lowest BCUT2D eigenvalue weighted by Gasteiger charge is -2.36. The second-order valence-corrected chi connectivity index (χ2v) is 7.31. The first-order chi connectivity index (χ1) is 15.7. The molecule has 172 valence electrons. The summed E-state index contributed by atoms with van der Waals surface area (Å²) in [4.78, 5) is 22.9. The zero-order valence-electron chi connectivity index (χ0n) is 17.1. The van der Waals surface area contributed by atoms with Crippen LogP contribution >= 0.6 is 0 Å². The summed E-state index contributed by atoms with van der Waals surface area (Å²) in [5.41, 5.74) is -0.467. The van der Waals surface area contributed by atoms with Crippen molar-refractivity contribution in [2.24, 2.45) is 0 Å². The van der Waals surface area contributed by atoms with Crippen molar-refractivity contribution in [1.29, 1.82) is 0 Å². The molecule has 2 heterocycles. The van der Waals surface area contributed by atoms with Crippen molar-refractivity contribution in [3.8, 4) is 0 Å². The second-order valence-electron chi connectivity index (χ2n) is 7.31. The van der Waals surface area contributed by atoms with Crippen molar-refractivity contribution in [2.75, 3.05) is 41.3 Å². The number of nitrogens with zero attached hydrogens (tertiary/aromatic N) is 5. The zero-order chi connectivity index (χ0) is 23.6. The van der Waals surface area contributed by atoms with Crippen LogP contribution in [-0.4, -0.2) is 41.1 Å². The molecule has 0 atom stereocenters. The topological polar surface area (TPSA) is 87.4 Å². The van der Waals surface area contributed by atoms with Gasteiger partial charge in [0.1, 0.15) is 12.1 Å². The van der Waals surface area contributed by atoms with Gasteiger partial charge in [-0.05, 0) is 42.5 Å². The molecule has 0 radical (unpaired) electrons. The van der Waals surface area contributed by atoms with Gasteiger partial charge in [-0.2, -0.15) is 13.2 Å². The van der Waals surface area contributed by atoms with Gasteiger partial charge in [0.05, 0.1) is 10.5 Å². The highest BCUT2D eigenvalue weighted by Gasteiger charge is 2.32. The predicted octanol–water partition coefficient (Wildman–Crippen LogP) is 4.61. The minimum absolute atomic E-state index is 0.0127. The summed E-state index contributed by atoms with van der Waals surface area (Å²) in [5.74, 6) is -0.469. The molecule has 0 unspecified atom stereocenters. The maximum Gasteiger partial charge on any atom is 0.416 e. The van der Waals surface area contributed by atoms with E-state index in [-0.39, 0.29) is 23.1 Å². The first-order valence-corrected chi connectivity index (χ1v) is 9.91. The molecule has 2 aromatic carbocycles. The standard InChI is InChI=1S/C21H18F4N6O2/c22-15-4-6-17(7-5-15)29-8-10-30(11-9-29)20-18(31(32)33)19(26-13-27-20)28-16-3-1-2-14(12-16)21(23,24)25/h1-7,12-13H,8-11H2,(H,26,27,28). The Kier molecular flexibility index (Phi) is 5.99. The number of hydrogen-bond acceptors (Lipinski definition) is 7. The number of benzene rings is 2. The Labute approximate surface area is 185 Å². The molecule has 4 rings (SSSR count). The number of anilines is 4. The Hall–Kier alpha value is -3.96. The van der Waals surface area contributed by atoms with E-state index < -0.39 is 22.4 Å². The van der Waals surface area contributed by atoms with Gasteiger partial charge in [-0.1, -0.05) is 6.07 Å². The van der Waals surface area contributed by atoms with E-state index >= 15 is 0 Å². The van der Waals surface area contributed by atoms with Gasteiger partial charge in [-0.15, -0.1) is 0 Å². The fourth-order valence-corrected chi connectivity index (χ4v) is 3.60. The summed E-state index contributed by atoms with van der Waals surface area (Å²) in [6, 6.07) is 10.4. The van der Waals surface area contributed by atoms with Crippen molar-refractivity contribution in [3.63, 3.8) is 0 Å². The van der Waals surface area contributed by atoms with Gasteiger partial charge in [-0.25, -0.2) is 14.4 Å². The number of alkyl halides is 3. The Balaban J connectivity index is 1.56. The highest BCUT2D eigenvalue weighted by Crippen LogP contribution is 2.36. The van der Waals surface area contributed by atoms with E-state index in [0.29, 0.717) is 26.2 Å². The summed E-state index contributed by atoms with van der Waals surface area (Å²) in [5, 5.41) is 14.5. The molecule has 3 aromatic rings. The fraction of sp³-hybridized carbons (Fsp3) is 0.238. The van der Waals surface area contributed by atoms with Crippen LogP contribution < -0.4 is 15.1 Å². The molecular formula is C21H18F4N6O2. The largest absolute Gasteiger partial charge is 0.416 e. The minimum atomic E-state index is -4.55. The summed E-state index contributed by atoms with van der Waals surface area (Å²) in [7, 11) is 0. The summed E-state index contributed by atoms with van der Waals surface area (Å²) in [6.07, 6.45) is -3.42. The lowest BCUT2D eigenvalue weighted by Crippen LogP contribution is -2.47. The molecule has 8 nitrogen and oxygen atoms in total. The number of rotatable bonds is 5. The molecule has 1 aliphatic rings. The highest BCUT2D eigenvalue weighted by molar-refractivity contribution is 5.75. The second kappa shape index (κ2) is 8.88. The van der Waals surface area contributed by atoms with Gasteiger partial charge in [-0.3, -0.25) is 10.1 Å². The Morgan fingerprint density at radius 2 is 1.64 bits per heavy atom. The van der Waals surface area contributed by atoms with E-state index in [4.69, 9.17) is 0 Å². The Bertz CT molecular complexity index is 1150. The minimum Gasteiger partial charge on any atom is -0.368 e. The lowest BCUT2D eigenvalue weighted by molar-refractivity contribution is -0.383.